The summed E-state index contributed by atoms with van der Waals surface area (Å²) in [7, 11) is 1.66. The lowest BCUT2D eigenvalue weighted by Gasteiger charge is -2.06. The molecule has 0 aliphatic rings. The first-order valence-electron chi connectivity index (χ1n) is 6.48. The van der Waals surface area contributed by atoms with Gasteiger partial charge >= 0.3 is 0 Å². The Bertz CT molecular complexity index is 741. The molecule has 0 saturated heterocycles. The zero-order valence-electron chi connectivity index (χ0n) is 11.2. The van der Waals surface area contributed by atoms with Crippen molar-refractivity contribution in [1.29, 1.82) is 0 Å². The number of ether oxygens (including phenoxy) is 1. The van der Waals surface area contributed by atoms with E-state index in [4.69, 9.17) is 4.74 Å². The Labute approximate surface area is 117 Å². The average Bonchev–Trinajstić information content (AvgIpc) is 2.86. The molecule has 20 heavy (non-hydrogen) atoms. The predicted octanol–water partition coefficient (Wildman–Crippen LogP) is 3.51. The second-order valence-electron chi connectivity index (χ2n) is 4.70. The van der Waals surface area contributed by atoms with E-state index in [0.717, 1.165) is 35.0 Å². The maximum absolute atomic E-state index is 11.1. The molecule has 0 radical (unpaired) electrons. The van der Waals surface area contributed by atoms with E-state index in [9.17, 15) is 4.79 Å². The molecule has 1 aromatic heterocycles. The van der Waals surface area contributed by atoms with Crippen molar-refractivity contribution in [1.82, 2.24) is 4.57 Å². The number of carbonyl (C=O) groups excluding carboxylic acids is 1. The molecule has 3 heteroatoms. The molecule has 2 aromatic carbocycles. The van der Waals surface area contributed by atoms with Gasteiger partial charge in [-0.25, -0.2) is 0 Å². The monoisotopic (exact) mass is 265 g/mol. The van der Waals surface area contributed by atoms with Crippen molar-refractivity contribution in [2.24, 2.45) is 0 Å². The average molecular weight is 265 g/mol. The van der Waals surface area contributed by atoms with Gasteiger partial charge in [0.25, 0.3) is 0 Å². The third-order valence-corrected chi connectivity index (χ3v) is 3.46. The van der Waals surface area contributed by atoms with Crippen molar-refractivity contribution >= 4 is 17.2 Å². The van der Waals surface area contributed by atoms with Gasteiger partial charge in [-0.1, -0.05) is 30.3 Å². The van der Waals surface area contributed by atoms with Gasteiger partial charge in [0, 0.05) is 29.2 Å². The molecular formula is C17H15NO2. The number of aldehydes is 1. The summed E-state index contributed by atoms with van der Waals surface area (Å²) in [5.41, 5.74) is 2.98. The third kappa shape index (κ3) is 2.18. The smallest absolute Gasteiger partial charge is 0.152 e. The Morgan fingerprint density at radius 2 is 1.85 bits per heavy atom. The Hall–Kier alpha value is -2.55. The molecule has 0 aliphatic carbocycles. The van der Waals surface area contributed by atoms with Gasteiger partial charge < -0.3 is 9.30 Å². The lowest BCUT2D eigenvalue weighted by Crippen LogP contribution is -1.97. The molecule has 3 rings (SSSR count). The quantitative estimate of drug-likeness (QED) is 0.676. The van der Waals surface area contributed by atoms with E-state index in [2.05, 4.69) is 4.57 Å². The number of fused-ring (bicyclic) bond motifs is 1. The molecule has 0 aliphatic heterocycles. The van der Waals surface area contributed by atoms with E-state index in [1.807, 2.05) is 54.7 Å². The highest BCUT2D eigenvalue weighted by Crippen LogP contribution is 2.21. The van der Waals surface area contributed by atoms with Crippen molar-refractivity contribution in [3.8, 4) is 5.75 Å². The van der Waals surface area contributed by atoms with E-state index in [1.165, 1.54) is 5.56 Å². The molecule has 3 aromatic rings. The highest BCUT2D eigenvalue weighted by molar-refractivity contribution is 5.97. The standard InChI is InChI=1S/C17H15NO2/c1-20-15-8-6-13(7-9-15)10-18-11-14(12-19)16-4-2-3-5-17(16)18/h2-9,11-12H,10H2,1H3. The maximum atomic E-state index is 11.1. The van der Waals surface area contributed by atoms with E-state index < -0.39 is 0 Å². The second kappa shape index (κ2) is 5.21. The van der Waals surface area contributed by atoms with Crippen LogP contribution in [0.5, 0.6) is 5.75 Å². The number of methoxy groups -OCH3 is 1. The minimum absolute atomic E-state index is 0.731. The topological polar surface area (TPSA) is 31.2 Å². The minimum Gasteiger partial charge on any atom is -0.497 e. The highest BCUT2D eigenvalue weighted by Gasteiger charge is 2.07. The molecule has 0 spiro atoms. The zero-order chi connectivity index (χ0) is 13.9. The summed E-state index contributed by atoms with van der Waals surface area (Å²) in [6.45, 7) is 0.734. The van der Waals surface area contributed by atoms with Gasteiger partial charge in [0.15, 0.2) is 6.29 Å². The molecule has 0 saturated carbocycles. The first kappa shape index (κ1) is 12.5. The van der Waals surface area contributed by atoms with E-state index >= 15 is 0 Å². The number of rotatable bonds is 4. The first-order valence-corrected chi connectivity index (χ1v) is 6.48. The van der Waals surface area contributed by atoms with Crippen LogP contribution in [0.1, 0.15) is 15.9 Å². The number of aromatic nitrogens is 1. The number of para-hydroxylation sites is 1. The molecule has 0 atom stereocenters. The fraction of sp³-hybridized carbons (Fsp3) is 0.118. The van der Waals surface area contributed by atoms with Crippen LogP contribution >= 0.6 is 0 Å². The fourth-order valence-corrected chi connectivity index (χ4v) is 2.43. The summed E-state index contributed by atoms with van der Waals surface area (Å²) in [6.07, 6.45) is 2.81. The van der Waals surface area contributed by atoms with Gasteiger partial charge in [-0.2, -0.15) is 0 Å². The van der Waals surface area contributed by atoms with Gasteiger partial charge in [0.2, 0.25) is 0 Å². The number of hydrogen-bond donors (Lipinski definition) is 0. The summed E-state index contributed by atoms with van der Waals surface area (Å²) < 4.78 is 7.26. The van der Waals surface area contributed by atoms with Crippen molar-refractivity contribution in [3.63, 3.8) is 0 Å². The lowest BCUT2D eigenvalue weighted by molar-refractivity contribution is 0.112. The largest absolute Gasteiger partial charge is 0.497 e. The summed E-state index contributed by atoms with van der Waals surface area (Å²) in [6, 6.07) is 15.9. The van der Waals surface area contributed by atoms with Gasteiger partial charge in [0.1, 0.15) is 5.75 Å². The van der Waals surface area contributed by atoms with E-state index in [1.54, 1.807) is 7.11 Å². The molecule has 0 amide bonds. The van der Waals surface area contributed by atoms with Crippen molar-refractivity contribution in [2.45, 2.75) is 6.54 Å². The van der Waals surface area contributed by atoms with Crippen LogP contribution in [0, 0.1) is 0 Å². The molecule has 100 valence electrons. The van der Waals surface area contributed by atoms with E-state index in [0.29, 0.717) is 0 Å². The predicted molar refractivity (Wildman–Crippen MR) is 79.4 cm³/mol. The van der Waals surface area contributed by atoms with Crippen LogP contribution < -0.4 is 4.74 Å². The Morgan fingerprint density at radius 1 is 1.10 bits per heavy atom. The van der Waals surface area contributed by atoms with Crippen LogP contribution in [0.4, 0.5) is 0 Å². The van der Waals surface area contributed by atoms with Crippen LogP contribution in [0.2, 0.25) is 0 Å². The number of benzene rings is 2. The zero-order valence-corrected chi connectivity index (χ0v) is 11.2. The van der Waals surface area contributed by atoms with Crippen LogP contribution in [0.25, 0.3) is 10.9 Å². The molecular weight excluding hydrogens is 250 g/mol. The number of hydrogen-bond acceptors (Lipinski definition) is 2. The molecule has 0 bridgehead atoms. The van der Waals surface area contributed by atoms with Crippen LogP contribution in [0.15, 0.2) is 54.7 Å². The third-order valence-electron chi connectivity index (χ3n) is 3.46. The molecule has 0 unspecified atom stereocenters. The number of carbonyl (C=O) groups is 1. The molecule has 3 nitrogen and oxygen atoms in total. The Balaban J connectivity index is 1.99. The first-order chi connectivity index (χ1) is 9.81. The maximum Gasteiger partial charge on any atom is 0.152 e. The summed E-state index contributed by atoms with van der Waals surface area (Å²) >= 11 is 0. The minimum atomic E-state index is 0.731. The van der Waals surface area contributed by atoms with Crippen LogP contribution in [0.3, 0.4) is 0 Å². The van der Waals surface area contributed by atoms with Crippen molar-refractivity contribution < 1.29 is 9.53 Å². The Morgan fingerprint density at radius 3 is 2.55 bits per heavy atom. The van der Waals surface area contributed by atoms with Crippen LogP contribution in [-0.2, 0) is 6.54 Å². The van der Waals surface area contributed by atoms with Gasteiger partial charge in [0.05, 0.1) is 7.11 Å². The Kier molecular flexibility index (Phi) is 3.25. The van der Waals surface area contributed by atoms with Gasteiger partial charge in [-0.3, -0.25) is 4.79 Å². The highest BCUT2D eigenvalue weighted by atomic mass is 16.5. The normalized spacial score (nSPS) is 10.7. The molecule has 0 N–H and O–H groups in total. The van der Waals surface area contributed by atoms with Crippen molar-refractivity contribution in [3.05, 3.63) is 65.9 Å². The lowest BCUT2D eigenvalue weighted by atomic mass is 10.2. The van der Waals surface area contributed by atoms with Gasteiger partial charge in [-0.15, -0.1) is 0 Å². The van der Waals surface area contributed by atoms with Gasteiger partial charge in [-0.05, 0) is 23.8 Å². The van der Waals surface area contributed by atoms with Crippen molar-refractivity contribution in [2.75, 3.05) is 7.11 Å². The fourth-order valence-electron chi connectivity index (χ4n) is 2.43. The molecule has 1 heterocycles. The summed E-state index contributed by atoms with van der Waals surface area (Å²) in [4.78, 5) is 11.1. The SMILES string of the molecule is COc1ccc(Cn2cc(C=O)c3ccccc32)cc1. The summed E-state index contributed by atoms with van der Waals surface area (Å²) in [5, 5.41) is 0.996. The number of nitrogens with zero attached hydrogens (tertiary/aromatic N) is 1. The summed E-state index contributed by atoms with van der Waals surface area (Å²) in [5.74, 6) is 0.847. The molecule has 0 fully saturated rings. The van der Waals surface area contributed by atoms with E-state index in [-0.39, 0.29) is 0 Å². The van der Waals surface area contributed by atoms with Crippen LogP contribution in [-0.4, -0.2) is 18.0 Å². The second-order valence-corrected chi connectivity index (χ2v) is 4.70.